The van der Waals surface area contributed by atoms with Crippen molar-refractivity contribution in [2.24, 2.45) is 5.92 Å². The molecule has 0 bridgehead atoms. The lowest BCUT2D eigenvalue weighted by atomic mass is 9.95. The van der Waals surface area contributed by atoms with Crippen LogP contribution in [0.15, 0.2) is 18.2 Å². The van der Waals surface area contributed by atoms with E-state index in [2.05, 4.69) is 10.6 Å². The summed E-state index contributed by atoms with van der Waals surface area (Å²) < 4.78 is 11.3. The summed E-state index contributed by atoms with van der Waals surface area (Å²) in [6.45, 7) is 4.96. The second kappa shape index (κ2) is 8.41. The van der Waals surface area contributed by atoms with Crippen molar-refractivity contribution in [1.29, 1.82) is 0 Å². The Kier molecular flexibility index (Phi) is 6.54. The third-order valence-electron chi connectivity index (χ3n) is 4.26. The fraction of sp³-hybridized carbons (Fsp3) is 0.588. The molecule has 5 nitrogen and oxygen atoms in total. The van der Waals surface area contributed by atoms with Crippen LogP contribution in [0.1, 0.15) is 25.3 Å². The van der Waals surface area contributed by atoms with E-state index < -0.39 is 0 Å². The van der Waals surface area contributed by atoms with E-state index in [0.29, 0.717) is 19.6 Å². The fourth-order valence-electron chi connectivity index (χ4n) is 3.09. The highest BCUT2D eigenvalue weighted by atomic mass is 35.5. The Hall–Kier alpha value is -1.46. The first-order valence-corrected chi connectivity index (χ1v) is 8.16. The molecule has 23 heavy (non-hydrogen) atoms. The van der Waals surface area contributed by atoms with Gasteiger partial charge in [0.1, 0.15) is 18.1 Å². The predicted octanol–water partition coefficient (Wildman–Crippen LogP) is 1.93. The number of nitrogens with one attached hydrogen (secondary N) is 2. The molecular weight excluding hydrogens is 316 g/mol. The van der Waals surface area contributed by atoms with Crippen molar-refractivity contribution in [3.63, 3.8) is 0 Å². The van der Waals surface area contributed by atoms with Crippen molar-refractivity contribution in [2.75, 3.05) is 26.3 Å². The van der Waals surface area contributed by atoms with E-state index in [1.165, 1.54) is 0 Å². The lowest BCUT2D eigenvalue weighted by molar-refractivity contribution is -0.127. The van der Waals surface area contributed by atoms with E-state index in [1.807, 2.05) is 25.1 Å². The molecular formula is C17H25ClN2O3. The number of carbonyl (C=O) groups is 1. The van der Waals surface area contributed by atoms with E-state index >= 15 is 0 Å². The van der Waals surface area contributed by atoms with Crippen molar-refractivity contribution in [3.05, 3.63) is 23.8 Å². The van der Waals surface area contributed by atoms with Gasteiger partial charge in [-0.05, 0) is 56.5 Å². The third-order valence-corrected chi connectivity index (χ3v) is 4.26. The van der Waals surface area contributed by atoms with Crippen LogP contribution in [0.2, 0.25) is 0 Å². The van der Waals surface area contributed by atoms with Gasteiger partial charge in [0, 0.05) is 12.6 Å². The molecule has 6 heteroatoms. The quantitative estimate of drug-likeness (QED) is 0.879. The number of ether oxygens (including phenoxy) is 2. The Morgan fingerprint density at radius 2 is 2.35 bits per heavy atom. The highest BCUT2D eigenvalue weighted by molar-refractivity contribution is 5.85. The lowest BCUT2D eigenvalue weighted by Crippen LogP contribution is -2.49. The van der Waals surface area contributed by atoms with Gasteiger partial charge in [-0.2, -0.15) is 0 Å². The van der Waals surface area contributed by atoms with Crippen LogP contribution in [0, 0.1) is 5.92 Å². The molecule has 0 aliphatic carbocycles. The number of piperidine rings is 1. The summed E-state index contributed by atoms with van der Waals surface area (Å²) in [4.78, 5) is 12.4. The fourth-order valence-corrected chi connectivity index (χ4v) is 3.09. The molecule has 1 aromatic carbocycles. The van der Waals surface area contributed by atoms with Gasteiger partial charge in [-0.15, -0.1) is 12.4 Å². The van der Waals surface area contributed by atoms with Gasteiger partial charge in [-0.25, -0.2) is 0 Å². The van der Waals surface area contributed by atoms with Crippen molar-refractivity contribution >= 4 is 18.3 Å². The van der Waals surface area contributed by atoms with Crippen LogP contribution < -0.4 is 20.1 Å². The number of amides is 1. The minimum absolute atomic E-state index is 0. The average molecular weight is 341 g/mol. The Balaban J connectivity index is 0.00000192. The van der Waals surface area contributed by atoms with Gasteiger partial charge < -0.3 is 20.1 Å². The van der Waals surface area contributed by atoms with Crippen LogP contribution in [-0.2, 0) is 11.2 Å². The summed E-state index contributed by atoms with van der Waals surface area (Å²) in [5.74, 6) is 1.68. The molecule has 0 radical (unpaired) electrons. The van der Waals surface area contributed by atoms with Crippen LogP contribution in [0.5, 0.6) is 11.5 Å². The molecule has 1 unspecified atom stereocenters. The highest BCUT2D eigenvalue weighted by Crippen LogP contribution is 2.31. The first kappa shape index (κ1) is 17.9. The standard InChI is InChI=1S/C17H24N2O3.ClH/c1-2-21-15-5-6-16-12(9-15)8-13(11-22-16)17(20)19-14-4-3-7-18-10-14;/h5-6,9,13-14,18H,2-4,7-8,10-11H2,1H3,(H,19,20);1H/t13?,14-;/m0./s1. The SMILES string of the molecule is CCOc1ccc2c(c1)CC(C(=O)N[C@H]1CCCNC1)CO2.Cl. The van der Waals surface area contributed by atoms with Gasteiger partial charge in [-0.3, -0.25) is 4.79 Å². The Labute approximate surface area is 143 Å². The summed E-state index contributed by atoms with van der Waals surface area (Å²) in [7, 11) is 0. The van der Waals surface area contributed by atoms with Crippen LogP contribution in [0.3, 0.4) is 0 Å². The smallest absolute Gasteiger partial charge is 0.227 e. The maximum atomic E-state index is 12.4. The van der Waals surface area contributed by atoms with E-state index in [9.17, 15) is 4.79 Å². The molecule has 2 heterocycles. The zero-order valence-corrected chi connectivity index (χ0v) is 14.3. The largest absolute Gasteiger partial charge is 0.494 e. The van der Waals surface area contributed by atoms with Gasteiger partial charge in [0.05, 0.1) is 12.5 Å². The first-order chi connectivity index (χ1) is 10.8. The summed E-state index contributed by atoms with van der Waals surface area (Å²) in [6, 6.07) is 6.08. The van der Waals surface area contributed by atoms with Gasteiger partial charge >= 0.3 is 0 Å². The molecule has 3 rings (SSSR count). The van der Waals surface area contributed by atoms with Crippen molar-refractivity contribution in [2.45, 2.75) is 32.2 Å². The minimum atomic E-state index is -0.119. The van der Waals surface area contributed by atoms with E-state index in [0.717, 1.165) is 43.0 Å². The summed E-state index contributed by atoms with van der Waals surface area (Å²) in [5, 5.41) is 6.46. The highest BCUT2D eigenvalue weighted by Gasteiger charge is 2.28. The molecule has 2 atom stereocenters. The predicted molar refractivity (Wildman–Crippen MR) is 91.6 cm³/mol. The number of hydrogen-bond donors (Lipinski definition) is 2. The molecule has 0 aromatic heterocycles. The number of fused-ring (bicyclic) bond motifs is 1. The maximum absolute atomic E-state index is 12.4. The molecule has 1 aromatic rings. The Morgan fingerprint density at radius 1 is 1.48 bits per heavy atom. The number of rotatable bonds is 4. The van der Waals surface area contributed by atoms with Crippen LogP contribution in [0.4, 0.5) is 0 Å². The second-order valence-corrected chi connectivity index (χ2v) is 5.97. The van der Waals surface area contributed by atoms with Gasteiger partial charge in [0.15, 0.2) is 0 Å². The average Bonchev–Trinajstić information content (AvgIpc) is 2.55. The molecule has 128 valence electrons. The number of halogens is 1. The molecule has 1 fully saturated rings. The molecule has 2 aliphatic rings. The minimum Gasteiger partial charge on any atom is -0.494 e. The van der Waals surface area contributed by atoms with Crippen LogP contribution >= 0.6 is 12.4 Å². The van der Waals surface area contributed by atoms with E-state index in [1.54, 1.807) is 0 Å². The summed E-state index contributed by atoms with van der Waals surface area (Å²) >= 11 is 0. The number of benzene rings is 1. The molecule has 1 saturated heterocycles. The van der Waals surface area contributed by atoms with E-state index in [4.69, 9.17) is 9.47 Å². The first-order valence-electron chi connectivity index (χ1n) is 8.16. The van der Waals surface area contributed by atoms with Gasteiger partial charge in [0.2, 0.25) is 5.91 Å². The van der Waals surface area contributed by atoms with Crippen LogP contribution in [0.25, 0.3) is 0 Å². The third kappa shape index (κ3) is 4.52. The lowest BCUT2D eigenvalue weighted by Gasteiger charge is -2.29. The Morgan fingerprint density at radius 3 is 3.09 bits per heavy atom. The Bertz CT molecular complexity index is 533. The number of hydrogen-bond acceptors (Lipinski definition) is 4. The van der Waals surface area contributed by atoms with Crippen LogP contribution in [-0.4, -0.2) is 38.3 Å². The second-order valence-electron chi connectivity index (χ2n) is 5.97. The molecule has 0 spiro atoms. The summed E-state index contributed by atoms with van der Waals surface area (Å²) in [6.07, 6.45) is 2.88. The zero-order chi connectivity index (χ0) is 15.4. The van der Waals surface area contributed by atoms with Crippen molar-refractivity contribution in [1.82, 2.24) is 10.6 Å². The van der Waals surface area contributed by atoms with Gasteiger partial charge in [-0.1, -0.05) is 0 Å². The van der Waals surface area contributed by atoms with E-state index in [-0.39, 0.29) is 30.3 Å². The van der Waals surface area contributed by atoms with Crippen molar-refractivity contribution < 1.29 is 14.3 Å². The normalized spacial score (nSPS) is 23.0. The topological polar surface area (TPSA) is 59.6 Å². The monoisotopic (exact) mass is 340 g/mol. The number of carbonyl (C=O) groups excluding carboxylic acids is 1. The van der Waals surface area contributed by atoms with Gasteiger partial charge in [0.25, 0.3) is 0 Å². The molecule has 2 N–H and O–H groups in total. The summed E-state index contributed by atoms with van der Waals surface area (Å²) in [5.41, 5.74) is 1.05. The molecule has 1 amide bonds. The molecule has 0 saturated carbocycles. The maximum Gasteiger partial charge on any atom is 0.227 e. The van der Waals surface area contributed by atoms with Crippen molar-refractivity contribution in [3.8, 4) is 11.5 Å². The zero-order valence-electron chi connectivity index (χ0n) is 13.5. The molecule has 2 aliphatic heterocycles.